The zero-order chi connectivity index (χ0) is 14.5. The summed E-state index contributed by atoms with van der Waals surface area (Å²) in [5.41, 5.74) is 5.25. The van der Waals surface area contributed by atoms with Crippen molar-refractivity contribution in [2.24, 2.45) is 0 Å². The highest BCUT2D eigenvalue weighted by Crippen LogP contribution is 2.28. The third-order valence-electron chi connectivity index (χ3n) is 3.63. The van der Waals surface area contributed by atoms with Crippen molar-refractivity contribution in [3.8, 4) is 5.75 Å². The van der Waals surface area contributed by atoms with Gasteiger partial charge in [-0.1, -0.05) is 13.0 Å². The van der Waals surface area contributed by atoms with Gasteiger partial charge in [0.25, 0.3) is 0 Å². The van der Waals surface area contributed by atoms with Gasteiger partial charge in [-0.2, -0.15) is 11.3 Å². The summed E-state index contributed by atoms with van der Waals surface area (Å²) < 4.78 is 5.41. The van der Waals surface area contributed by atoms with Crippen molar-refractivity contribution in [2.45, 2.75) is 33.2 Å². The van der Waals surface area contributed by atoms with Crippen LogP contribution in [0.5, 0.6) is 5.75 Å². The van der Waals surface area contributed by atoms with Crippen LogP contribution in [0, 0.1) is 13.8 Å². The first-order valence-corrected chi connectivity index (χ1v) is 7.99. The van der Waals surface area contributed by atoms with Crippen LogP contribution < -0.4 is 10.1 Å². The van der Waals surface area contributed by atoms with Crippen LogP contribution in [0.4, 0.5) is 0 Å². The van der Waals surface area contributed by atoms with E-state index in [1.54, 1.807) is 18.4 Å². The second kappa shape index (κ2) is 6.91. The van der Waals surface area contributed by atoms with Gasteiger partial charge in [0, 0.05) is 6.04 Å². The van der Waals surface area contributed by atoms with E-state index in [-0.39, 0.29) is 0 Å². The number of aryl methyl sites for hydroxylation is 2. The number of rotatable bonds is 6. The van der Waals surface area contributed by atoms with Gasteiger partial charge in [0.15, 0.2) is 0 Å². The molecule has 0 fully saturated rings. The van der Waals surface area contributed by atoms with E-state index < -0.39 is 0 Å². The summed E-state index contributed by atoms with van der Waals surface area (Å²) in [7, 11) is 1.73. The Morgan fingerprint density at radius 2 is 2.05 bits per heavy atom. The lowest BCUT2D eigenvalue weighted by atomic mass is 9.94. The molecule has 2 nitrogen and oxygen atoms in total. The number of hydrogen-bond donors (Lipinski definition) is 1. The minimum Gasteiger partial charge on any atom is -0.496 e. The predicted octanol–water partition coefficient (Wildman–Crippen LogP) is 4.27. The molecule has 1 atom stereocenters. The number of nitrogens with one attached hydrogen (secondary N) is 1. The summed E-state index contributed by atoms with van der Waals surface area (Å²) >= 11 is 1.76. The van der Waals surface area contributed by atoms with Crippen molar-refractivity contribution in [3.05, 3.63) is 51.2 Å². The Bertz CT molecular complexity index is 548. The summed E-state index contributed by atoms with van der Waals surface area (Å²) in [6.07, 6.45) is 1.03. The minimum absolute atomic E-state index is 0.360. The van der Waals surface area contributed by atoms with Gasteiger partial charge in [0.2, 0.25) is 0 Å². The van der Waals surface area contributed by atoms with Gasteiger partial charge in [-0.3, -0.25) is 0 Å². The van der Waals surface area contributed by atoms with Crippen LogP contribution in [0.2, 0.25) is 0 Å². The maximum atomic E-state index is 5.41. The average molecular weight is 289 g/mol. The zero-order valence-electron chi connectivity index (χ0n) is 12.7. The Labute approximate surface area is 125 Å². The van der Waals surface area contributed by atoms with Crippen molar-refractivity contribution < 1.29 is 4.74 Å². The van der Waals surface area contributed by atoms with Gasteiger partial charge in [0.1, 0.15) is 5.75 Å². The van der Waals surface area contributed by atoms with Crippen LogP contribution in [0.1, 0.15) is 35.2 Å². The molecule has 1 N–H and O–H groups in total. The second-order valence-electron chi connectivity index (χ2n) is 5.12. The number of likely N-dealkylation sites (N-methyl/N-ethyl adjacent to an activating group) is 1. The van der Waals surface area contributed by atoms with Gasteiger partial charge in [-0.15, -0.1) is 0 Å². The molecule has 0 radical (unpaired) electrons. The number of benzene rings is 1. The molecule has 1 heterocycles. The fourth-order valence-electron chi connectivity index (χ4n) is 2.59. The van der Waals surface area contributed by atoms with Crippen molar-refractivity contribution in [2.75, 3.05) is 13.7 Å². The third kappa shape index (κ3) is 3.41. The summed E-state index contributed by atoms with van der Waals surface area (Å²) in [5.74, 6) is 0.969. The summed E-state index contributed by atoms with van der Waals surface area (Å²) in [6, 6.07) is 6.97. The summed E-state index contributed by atoms with van der Waals surface area (Å²) in [6.45, 7) is 7.40. The van der Waals surface area contributed by atoms with Crippen molar-refractivity contribution in [1.29, 1.82) is 0 Å². The maximum absolute atomic E-state index is 5.41. The lowest BCUT2D eigenvalue weighted by molar-refractivity contribution is 0.410. The molecule has 0 aliphatic rings. The molecule has 0 saturated carbocycles. The zero-order valence-corrected chi connectivity index (χ0v) is 13.5. The number of methoxy groups -OCH3 is 1. The van der Waals surface area contributed by atoms with E-state index in [0.717, 1.165) is 18.7 Å². The quantitative estimate of drug-likeness (QED) is 0.857. The summed E-state index contributed by atoms with van der Waals surface area (Å²) in [5, 5.41) is 7.98. The van der Waals surface area contributed by atoms with Gasteiger partial charge in [-0.25, -0.2) is 0 Å². The normalized spacial score (nSPS) is 12.4. The lowest BCUT2D eigenvalue weighted by Gasteiger charge is -2.21. The lowest BCUT2D eigenvalue weighted by Crippen LogP contribution is -2.23. The molecular weight excluding hydrogens is 266 g/mol. The maximum Gasteiger partial charge on any atom is 0.122 e. The molecule has 0 saturated heterocycles. The van der Waals surface area contributed by atoms with Crippen LogP contribution in [-0.4, -0.2) is 13.7 Å². The van der Waals surface area contributed by atoms with E-state index >= 15 is 0 Å². The molecule has 20 heavy (non-hydrogen) atoms. The smallest absolute Gasteiger partial charge is 0.122 e. The second-order valence-corrected chi connectivity index (χ2v) is 5.90. The highest BCUT2D eigenvalue weighted by Gasteiger charge is 2.15. The minimum atomic E-state index is 0.360. The Morgan fingerprint density at radius 3 is 2.65 bits per heavy atom. The van der Waals surface area contributed by atoms with E-state index in [0.29, 0.717) is 6.04 Å². The van der Waals surface area contributed by atoms with Gasteiger partial charge >= 0.3 is 0 Å². The largest absolute Gasteiger partial charge is 0.496 e. The molecule has 1 aromatic carbocycles. The highest BCUT2D eigenvalue weighted by molar-refractivity contribution is 7.07. The molecule has 108 valence electrons. The van der Waals surface area contributed by atoms with Crippen LogP contribution >= 0.6 is 11.3 Å². The first kappa shape index (κ1) is 15.1. The Kier molecular flexibility index (Phi) is 5.21. The molecular formula is C17H23NOS. The molecule has 0 aliphatic heterocycles. The van der Waals surface area contributed by atoms with E-state index in [2.05, 4.69) is 55.0 Å². The molecule has 0 amide bonds. The van der Waals surface area contributed by atoms with Crippen LogP contribution in [-0.2, 0) is 6.42 Å². The van der Waals surface area contributed by atoms with Crippen LogP contribution in [0.3, 0.4) is 0 Å². The van der Waals surface area contributed by atoms with Crippen LogP contribution in [0.25, 0.3) is 0 Å². The number of ether oxygens (including phenoxy) is 1. The molecule has 0 bridgehead atoms. The average Bonchev–Trinajstić information content (AvgIpc) is 2.93. The van der Waals surface area contributed by atoms with Crippen molar-refractivity contribution in [3.63, 3.8) is 0 Å². The Morgan fingerprint density at radius 1 is 1.25 bits per heavy atom. The van der Waals surface area contributed by atoms with Gasteiger partial charge < -0.3 is 10.1 Å². The Balaban J connectivity index is 2.31. The standard InChI is InChI=1S/C17H23NOS/c1-5-18-16(10-14-6-7-20-11-14)15-8-13(3)17(19-4)9-12(15)2/h6-9,11,16,18H,5,10H2,1-4H3. The van der Waals surface area contributed by atoms with Gasteiger partial charge in [-0.05, 0) is 72.0 Å². The van der Waals surface area contributed by atoms with Gasteiger partial charge in [0.05, 0.1) is 7.11 Å². The molecule has 2 rings (SSSR count). The van der Waals surface area contributed by atoms with E-state index in [9.17, 15) is 0 Å². The monoisotopic (exact) mass is 289 g/mol. The number of thiophene rings is 1. The topological polar surface area (TPSA) is 21.3 Å². The van der Waals surface area contributed by atoms with E-state index in [1.807, 2.05) is 0 Å². The highest BCUT2D eigenvalue weighted by atomic mass is 32.1. The van der Waals surface area contributed by atoms with E-state index in [4.69, 9.17) is 4.74 Å². The molecule has 1 aromatic heterocycles. The molecule has 2 aromatic rings. The first-order valence-electron chi connectivity index (χ1n) is 7.05. The fraction of sp³-hybridized carbons (Fsp3) is 0.412. The first-order chi connectivity index (χ1) is 9.65. The van der Waals surface area contributed by atoms with Crippen molar-refractivity contribution in [1.82, 2.24) is 5.32 Å². The predicted molar refractivity (Wildman–Crippen MR) is 86.9 cm³/mol. The van der Waals surface area contributed by atoms with E-state index in [1.165, 1.54) is 22.3 Å². The Hall–Kier alpha value is -1.32. The summed E-state index contributed by atoms with van der Waals surface area (Å²) in [4.78, 5) is 0. The molecule has 0 aliphatic carbocycles. The molecule has 3 heteroatoms. The number of hydrogen-bond acceptors (Lipinski definition) is 3. The fourth-order valence-corrected chi connectivity index (χ4v) is 3.27. The molecule has 1 unspecified atom stereocenters. The van der Waals surface area contributed by atoms with Crippen LogP contribution in [0.15, 0.2) is 29.0 Å². The third-order valence-corrected chi connectivity index (χ3v) is 4.36. The molecule has 0 spiro atoms. The van der Waals surface area contributed by atoms with Crippen molar-refractivity contribution >= 4 is 11.3 Å². The SMILES string of the molecule is CCNC(Cc1ccsc1)c1cc(C)c(OC)cc1C.